The van der Waals surface area contributed by atoms with Crippen molar-refractivity contribution in [2.24, 2.45) is 0 Å². The van der Waals surface area contributed by atoms with Gasteiger partial charge in [-0.05, 0) is 31.0 Å². The SMILES string of the molecule is COc1cc(C(=O)OCC(=O)N(C)C2CC2)ccc1N. The third-order valence-corrected chi connectivity index (χ3v) is 3.28. The van der Waals surface area contributed by atoms with Gasteiger partial charge in [0.1, 0.15) is 5.75 Å². The molecule has 0 aliphatic heterocycles. The number of rotatable bonds is 5. The molecule has 6 nitrogen and oxygen atoms in total. The van der Waals surface area contributed by atoms with E-state index in [1.54, 1.807) is 18.0 Å². The van der Waals surface area contributed by atoms with Crippen molar-refractivity contribution in [1.29, 1.82) is 0 Å². The number of nitrogens with two attached hydrogens (primary N) is 1. The zero-order valence-electron chi connectivity index (χ0n) is 11.6. The summed E-state index contributed by atoms with van der Waals surface area (Å²) in [6, 6.07) is 4.90. The Hall–Kier alpha value is -2.24. The van der Waals surface area contributed by atoms with E-state index < -0.39 is 5.97 Å². The number of nitrogen functional groups attached to an aromatic ring is 1. The first-order valence-corrected chi connectivity index (χ1v) is 6.39. The van der Waals surface area contributed by atoms with E-state index in [2.05, 4.69) is 0 Å². The molecular weight excluding hydrogens is 260 g/mol. The molecule has 0 aromatic heterocycles. The maximum Gasteiger partial charge on any atom is 0.338 e. The van der Waals surface area contributed by atoms with Crippen LogP contribution in [0.3, 0.4) is 0 Å². The van der Waals surface area contributed by atoms with E-state index in [4.69, 9.17) is 15.2 Å². The van der Waals surface area contributed by atoms with Crippen LogP contribution in [0.15, 0.2) is 18.2 Å². The van der Waals surface area contributed by atoms with Crippen LogP contribution in [0.25, 0.3) is 0 Å². The molecule has 1 amide bonds. The largest absolute Gasteiger partial charge is 0.495 e. The van der Waals surface area contributed by atoms with Gasteiger partial charge in [-0.2, -0.15) is 0 Å². The summed E-state index contributed by atoms with van der Waals surface area (Å²) < 4.78 is 10.0. The molecule has 1 aromatic rings. The lowest BCUT2D eigenvalue weighted by Crippen LogP contribution is -2.32. The number of likely N-dealkylation sites (N-methyl/N-ethyl adjacent to an activating group) is 1. The first-order chi connectivity index (χ1) is 9.52. The number of hydrogen-bond donors (Lipinski definition) is 1. The molecule has 0 spiro atoms. The number of carbonyl (C=O) groups is 2. The molecule has 1 aromatic carbocycles. The summed E-state index contributed by atoms with van der Waals surface area (Å²) in [5.41, 5.74) is 6.41. The molecule has 0 radical (unpaired) electrons. The van der Waals surface area contributed by atoms with Crippen LogP contribution in [0.1, 0.15) is 23.2 Å². The molecule has 0 atom stereocenters. The quantitative estimate of drug-likeness (QED) is 0.643. The summed E-state index contributed by atoms with van der Waals surface area (Å²) in [5.74, 6) is -0.356. The van der Waals surface area contributed by atoms with Gasteiger partial charge in [-0.25, -0.2) is 4.79 Å². The van der Waals surface area contributed by atoms with Crippen molar-refractivity contribution in [1.82, 2.24) is 4.90 Å². The van der Waals surface area contributed by atoms with Gasteiger partial charge in [-0.15, -0.1) is 0 Å². The Balaban J connectivity index is 1.92. The Morgan fingerprint density at radius 3 is 2.70 bits per heavy atom. The highest BCUT2D eigenvalue weighted by molar-refractivity contribution is 5.92. The normalized spacial score (nSPS) is 13.7. The summed E-state index contributed by atoms with van der Waals surface area (Å²) in [6.45, 7) is -0.251. The minimum absolute atomic E-state index is 0.191. The van der Waals surface area contributed by atoms with E-state index in [1.165, 1.54) is 19.2 Å². The summed E-state index contributed by atoms with van der Waals surface area (Å²) in [4.78, 5) is 25.2. The molecule has 1 aliphatic rings. The van der Waals surface area contributed by atoms with Crippen LogP contribution in [0.4, 0.5) is 5.69 Å². The van der Waals surface area contributed by atoms with E-state index in [1.807, 2.05) is 0 Å². The molecule has 2 N–H and O–H groups in total. The zero-order valence-corrected chi connectivity index (χ0v) is 11.6. The third kappa shape index (κ3) is 3.20. The highest BCUT2D eigenvalue weighted by atomic mass is 16.5. The number of carbonyl (C=O) groups excluding carboxylic acids is 2. The van der Waals surface area contributed by atoms with Crippen LogP contribution < -0.4 is 10.5 Å². The van der Waals surface area contributed by atoms with Crippen molar-refractivity contribution in [2.75, 3.05) is 26.5 Å². The number of ether oxygens (including phenoxy) is 2. The van der Waals surface area contributed by atoms with Gasteiger partial charge in [0.25, 0.3) is 5.91 Å². The van der Waals surface area contributed by atoms with Crippen molar-refractivity contribution in [3.63, 3.8) is 0 Å². The van der Waals surface area contributed by atoms with Gasteiger partial charge >= 0.3 is 5.97 Å². The molecule has 6 heteroatoms. The highest BCUT2D eigenvalue weighted by Crippen LogP contribution is 2.25. The van der Waals surface area contributed by atoms with E-state index >= 15 is 0 Å². The smallest absolute Gasteiger partial charge is 0.338 e. The van der Waals surface area contributed by atoms with Crippen molar-refractivity contribution < 1.29 is 19.1 Å². The second-order valence-corrected chi connectivity index (χ2v) is 4.77. The van der Waals surface area contributed by atoms with Crippen LogP contribution in [0, 0.1) is 0 Å². The average Bonchev–Trinajstić information content (AvgIpc) is 3.28. The number of anilines is 1. The van der Waals surface area contributed by atoms with Crippen LogP contribution in [0.5, 0.6) is 5.75 Å². The third-order valence-electron chi connectivity index (χ3n) is 3.28. The first kappa shape index (κ1) is 14.2. The van der Waals surface area contributed by atoms with Crippen molar-refractivity contribution in [3.8, 4) is 5.75 Å². The fraction of sp³-hybridized carbons (Fsp3) is 0.429. The monoisotopic (exact) mass is 278 g/mol. The molecule has 0 heterocycles. The predicted octanol–water partition coefficient (Wildman–Crippen LogP) is 1.05. The molecule has 1 aliphatic carbocycles. The van der Waals surface area contributed by atoms with Gasteiger partial charge in [-0.1, -0.05) is 0 Å². The van der Waals surface area contributed by atoms with Gasteiger partial charge in [-0.3, -0.25) is 4.79 Å². The fourth-order valence-corrected chi connectivity index (χ4v) is 1.82. The molecule has 1 fully saturated rings. The van der Waals surface area contributed by atoms with Crippen LogP contribution in [0.2, 0.25) is 0 Å². The van der Waals surface area contributed by atoms with E-state index in [0.29, 0.717) is 23.0 Å². The number of methoxy groups -OCH3 is 1. The first-order valence-electron chi connectivity index (χ1n) is 6.39. The maximum absolute atomic E-state index is 11.8. The highest BCUT2D eigenvalue weighted by Gasteiger charge is 2.29. The Labute approximate surface area is 117 Å². The molecule has 108 valence electrons. The van der Waals surface area contributed by atoms with Gasteiger partial charge < -0.3 is 20.1 Å². The fourth-order valence-electron chi connectivity index (χ4n) is 1.82. The number of amides is 1. The summed E-state index contributed by atoms with van der Waals surface area (Å²) >= 11 is 0. The van der Waals surface area contributed by atoms with Gasteiger partial charge in [0.15, 0.2) is 6.61 Å². The minimum atomic E-state index is -0.569. The lowest BCUT2D eigenvalue weighted by atomic mass is 10.2. The predicted molar refractivity (Wildman–Crippen MR) is 73.5 cm³/mol. The Morgan fingerprint density at radius 1 is 1.40 bits per heavy atom. The van der Waals surface area contributed by atoms with Crippen LogP contribution in [-0.2, 0) is 9.53 Å². The lowest BCUT2D eigenvalue weighted by molar-refractivity contribution is -0.133. The zero-order chi connectivity index (χ0) is 14.7. The second kappa shape index (κ2) is 5.81. The summed E-state index contributed by atoms with van der Waals surface area (Å²) in [5, 5.41) is 0. The van der Waals surface area contributed by atoms with Gasteiger partial charge in [0.05, 0.1) is 18.4 Å². The molecule has 1 saturated carbocycles. The van der Waals surface area contributed by atoms with Crippen molar-refractivity contribution in [3.05, 3.63) is 23.8 Å². The summed E-state index contributed by atoms with van der Waals surface area (Å²) in [6.07, 6.45) is 2.04. The Morgan fingerprint density at radius 2 is 2.10 bits per heavy atom. The molecule has 2 rings (SSSR count). The number of hydrogen-bond acceptors (Lipinski definition) is 5. The summed E-state index contributed by atoms with van der Waals surface area (Å²) in [7, 11) is 3.19. The Kier molecular flexibility index (Phi) is 4.12. The molecule has 0 unspecified atom stereocenters. The number of benzene rings is 1. The molecular formula is C14H18N2O4. The lowest BCUT2D eigenvalue weighted by Gasteiger charge is -2.16. The Bertz CT molecular complexity index is 526. The average molecular weight is 278 g/mol. The number of esters is 1. The van der Waals surface area contributed by atoms with Crippen LogP contribution in [-0.4, -0.2) is 43.6 Å². The topological polar surface area (TPSA) is 81.9 Å². The van der Waals surface area contributed by atoms with Crippen LogP contribution >= 0.6 is 0 Å². The molecule has 20 heavy (non-hydrogen) atoms. The van der Waals surface area contributed by atoms with E-state index in [9.17, 15) is 9.59 Å². The number of nitrogens with zero attached hydrogens (tertiary/aromatic N) is 1. The molecule has 0 bridgehead atoms. The van der Waals surface area contributed by atoms with Crippen molar-refractivity contribution >= 4 is 17.6 Å². The standard InChI is InChI=1S/C14H18N2O4/c1-16(10-4-5-10)13(17)8-20-14(18)9-3-6-11(15)12(7-9)19-2/h3,6-7,10H,4-5,8,15H2,1-2H3. The van der Waals surface area contributed by atoms with Gasteiger partial charge in [0, 0.05) is 13.1 Å². The van der Waals surface area contributed by atoms with E-state index in [-0.39, 0.29) is 12.5 Å². The van der Waals surface area contributed by atoms with Gasteiger partial charge in [0.2, 0.25) is 0 Å². The minimum Gasteiger partial charge on any atom is -0.495 e. The second-order valence-electron chi connectivity index (χ2n) is 4.77. The van der Waals surface area contributed by atoms with Crippen molar-refractivity contribution in [2.45, 2.75) is 18.9 Å². The molecule has 0 saturated heterocycles. The van der Waals surface area contributed by atoms with E-state index in [0.717, 1.165) is 12.8 Å². The maximum atomic E-state index is 11.8.